The minimum atomic E-state index is -4.81. The SMILES string of the molecule is Oc1ccc(-c2noc(C(F)(F)F)c2Cl)c(F)c1. The fourth-order valence-corrected chi connectivity index (χ4v) is 1.60. The third kappa shape index (κ3) is 2.13. The van der Waals surface area contributed by atoms with Gasteiger partial charge in [-0.05, 0) is 12.1 Å². The number of phenols is 1. The zero-order valence-electron chi connectivity index (χ0n) is 8.42. The maximum absolute atomic E-state index is 13.4. The smallest absolute Gasteiger partial charge is 0.453 e. The molecule has 0 aliphatic rings. The number of benzene rings is 1. The van der Waals surface area contributed by atoms with Crippen LogP contribution in [0.15, 0.2) is 22.7 Å². The van der Waals surface area contributed by atoms with E-state index in [0.717, 1.165) is 18.2 Å². The second-order valence-electron chi connectivity index (χ2n) is 3.34. The van der Waals surface area contributed by atoms with E-state index in [1.54, 1.807) is 0 Å². The summed E-state index contributed by atoms with van der Waals surface area (Å²) in [7, 11) is 0. The van der Waals surface area contributed by atoms with Gasteiger partial charge in [-0.2, -0.15) is 13.2 Å². The van der Waals surface area contributed by atoms with E-state index in [9.17, 15) is 17.6 Å². The summed E-state index contributed by atoms with van der Waals surface area (Å²) in [5.41, 5.74) is -0.765. The Labute approximate surface area is 103 Å². The molecular formula is C10H4ClF4NO2. The van der Waals surface area contributed by atoms with Crippen molar-refractivity contribution in [3.63, 3.8) is 0 Å². The molecule has 2 rings (SSSR count). The van der Waals surface area contributed by atoms with Gasteiger partial charge in [-0.15, -0.1) is 0 Å². The molecule has 0 radical (unpaired) electrons. The largest absolute Gasteiger partial charge is 0.508 e. The predicted molar refractivity (Wildman–Crippen MR) is 53.6 cm³/mol. The molecule has 1 aromatic heterocycles. The molecule has 0 bridgehead atoms. The van der Waals surface area contributed by atoms with Crippen LogP contribution in [0.1, 0.15) is 5.76 Å². The third-order valence-corrected chi connectivity index (χ3v) is 2.45. The fraction of sp³-hybridized carbons (Fsp3) is 0.100. The minimum absolute atomic E-state index is 0.294. The lowest BCUT2D eigenvalue weighted by Crippen LogP contribution is -2.03. The van der Waals surface area contributed by atoms with Gasteiger partial charge in [0.1, 0.15) is 22.3 Å². The summed E-state index contributed by atoms with van der Waals surface area (Å²) in [5, 5.41) is 11.3. The molecule has 8 heteroatoms. The normalized spacial score (nSPS) is 11.8. The maximum atomic E-state index is 13.4. The van der Waals surface area contributed by atoms with Gasteiger partial charge in [0.05, 0.1) is 0 Å². The van der Waals surface area contributed by atoms with Crippen molar-refractivity contribution in [1.82, 2.24) is 5.16 Å². The summed E-state index contributed by atoms with van der Waals surface area (Å²) in [4.78, 5) is 0. The second-order valence-corrected chi connectivity index (χ2v) is 3.71. The zero-order chi connectivity index (χ0) is 13.5. The van der Waals surface area contributed by atoms with E-state index < -0.39 is 28.5 Å². The lowest BCUT2D eigenvalue weighted by Gasteiger charge is -2.02. The molecule has 0 fully saturated rings. The van der Waals surface area contributed by atoms with Crippen molar-refractivity contribution >= 4 is 11.6 Å². The first-order valence-corrected chi connectivity index (χ1v) is 4.89. The summed E-state index contributed by atoms with van der Waals surface area (Å²) in [6, 6.07) is 2.87. The molecule has 1 N–H and O–H groups in total. The summed E-state index contributed by atoms with van der Waals surface area (Å²) in [6.45, 7) is 0. The highest BCUT2D eigenvalue weighted by Gasteiger charge is 2.40. The molecule has 18 heavy (non-hydrogen) atoms. The molecule has 3 nitrogen and oxygen atoms in total. The van der Waals surface area contributed by atoms with Crippen LogP contribution in [0.5, 0.6) is 5.75 Å². The van der Waals surface area contributed by atoms with E-state index in [1.165, 1.54) is 0 Å². The van der Waals surface area contributed by atoms with Crippen molar-refractivity contribution in [3.05, 3.63) is 34.8 Å². The zero-order valence-corrected chi connectivity index (χ0v) is 9.18. The first-order valence-electron chi connectivity index (χ1n) is 4.52. The topological polar surface area (TPSA) is 46.3 Å². The summed E-state index contributed by atoms with van der Waals surface area (Å²) in [6.07, 6.45) is -4.81. The Balaban J connectivity index is 2.56. The average molecular weight is 282 g/mol. The van der Waals surface area contributed by atoms with Crippen LogP contribution in [-0.2, 0) is 6.18 Å². The van der Waals surface area contributed by atoms with E-state index in [-0.39, 0.29) is 11.3 Å². The number of alkyl halides is 3. The summed E-state index contributed by atoms with van der Waals surface area (Å²) < 4.78 is 54.7. The molecule has 0 amide bonds. The van der Waals surface area contributed by atoms with Gasteiger partial charge < -0.3 is 9.63 Å². The fourth-order valence-electron chi connectivity index (χ4n) is 1.32. The summed E-state index contributed by atoms with van der Waals surface area (Å²) in [5.74, 6) is -2.82. The monoisotopic (exact) mass is 281 g/mol. The molecular weight excluding hydrogens is 278 g/mol. The number of halogens is 5. The van der Waals surface area contributed by atoms with E-state index in [4.69, 9.17) is 16.7 Å². The third-order valence-electron chi connectivity index (χ3n) is 2.10. The van der Waals surface area contributed by atoms with Gasteiger partial charge in [-0.3, -0.25) is 0 Å². The molecule has 0 aliphatic heterocycles. The lowest BCUT2D eigenvalue weighted by molar-refractivity contribution is -0.155. The molecule has 0 saturated carbocycles. The van der Waals surface area contributed by atoms with E-state index in [0.29, 0.717) is 0 Å². The van der Waals surface area contributed by atoms with Gasteiger partial charge in [-0.25, -0.2) is 4.39 Å². The van der Waals surface area contributed by atoms with Crippen LogP contribution in [0.2, 0.25) is 5.02 Å². The first-order chi connectivity index (χ1) is 8.30. The Bertz CT molecular complexity index is 594. The van der Waals surface area contributed by atoms with Crippen LogP contribution in [0.3, 0.4) is 0 Å². The second kappa shape index (κ2) is 4.16. The van der Waals surface area contributed by atoms with Crippen LogP contribution in [0, 0.1) is 5.82 Å². The van der Waals surface area contributed by atoms with Gasteiger partial charge in [0, 0.05) is 11.6 Å². The van der Waals surface area contributed by atoms with E-state index in [2.05, 4.69) is 9.68 Å². The van der Waals surface area contributed by atoms with Crippen LogP contribution in [-0.4, -0.2) is 10.3 Å². The Hall–Kier alpha value is -1.76. The summed E-state index contributed by atoms with van der Waals surface area (Å²) >= 11 is 5.45. The van der Waals surface area contributed by atoms with Gasteiger partial charge in [0.2, 0.25) is 0 Å². The lowest BCUT2D eigenvalue weighted by atomic mass is 10.1. The Kier molecular flexibility index (Phi) is 2.94. The van der Waals surface area contributed by atoms with Gasteiger partial charge >= 0.3 is 6.18 Å². The highest BCUT2D eigenvalue weighted by Crippen LogP contribution is 2.40. The molecule has 1 heterocycles. The molecule has 0 aliphatic carbocycles. The van der Waals surface area contributed by atoms with Gasteiger partial charge in [-0.1, -0.05) is 16.8 Å². The molecule has 96 valence electrons. The van der Waals surface area contributed by atoms with E-state index in [1.807, 2.05) is 0 Å². The maximum Gasteiger partial charge on any atom is 0.453 e. The molecule has 0 atom stereocenters. The number of hydrogen-bond acceptors (Lipinski definition) is 3. The van der Waals surface area contributed by atoms with Crippen molar-refractivity contribution in [3.8, 4) is 17.0 Å². The number of nitrogens with zero attached hydrogens (tertiary/aromatic N) is 1. The van der Waals surface area contributed by atoms with Crippen molar-refractivity contribution in [1.29, 1.82) is 0 Å². The van der Waals surface area contributed by atoms with Crippen LogP contribution >= 0.6 is 11.6 Å². The Morgan fingerprint density at radius 2 is 1.94 bits per heavy atom. The predicted octanol–water partition coefficient (Wildman–Crippen LogP) is 3.86. The highest BCUT2D eigenvalue weighted by molar-refractivity contribution is 6.33. The van der Waals surface area contributed by atoms with Crippen molar-refractivity contribution in [2.24, 2.45) is 0 Å². The van der Waals surface area contributed by atoms with Gasteiger partial charge in [0.15, 0.2) is 0 Å². The van der Waals surface area contributed by atoms with Gasteiger partial charge in [0.25, 0.3) is 5.76 Å². The average Bonchev–Trinajstić information content (AvgIpc) is 2.60. The standard InChI is InChI=1S/C10H4ClF4NO2/c11-7-8(16-18-9(7)10(13,14)15)5-2-1-4(17)3-6(5)12/h1-3,17H. The minimum Gasteiger partial charge on any atom is -0.508 e. The van der Waals surface area contributed by atoms with Crippen molar-refractivity contribution in [2.75, 3.05) is 0 Å². The number of rotatable bonds is 1. The number of hydrogen-bond donors (Lipinski definition) is 1. The molecule has 0 spiro atoms. The first kappa shape index (κ1) is 12.7. The molecule has 2 aromatic rings. The number of phenolic OH excluding ortho intramolecular Hbond substituents is 1. The van der Waals surface area contributed by atoms with Crippen molar-refractivity contribution in [2.45, 2.75) is 6.18 Å². The van der Waals surface area contributed by atoms with Crippen LogP contribution in [0.4, 0.5) is 17.6 Å². The number of aromatic hydroxyl groups is 1. The number of aromatic nitrogens is 1. The van der Waals surface area contributed by atoms with Crippen LogP contribution in [0.25, 0.3) is 11.3 Å². The van der Waals surface area contributed by atoms with E-state index >= 15 is 0 Å². The molecule has 1 aromatic carbocycles. The Morgan fingerprint density at radius 3 is 2.44 bits per heavy atom. The Morgan fingerprint density at radius 1 is 1.28 bits per heavy atom. The van der Waals surface area contributed by atoms with Crippen molar-refractivity contribution < 1.29 is 27.2 Å². The molecule has 0 saturated heterocycles. The highest BCUT2D eigenvalue weighted by atomic mass is 35.5. The molecule has 0 unspecified atom stereocenters. The van der Waals surface area contributed by atoms with Crippen LogP contribution < -0.4 is 0 Å². The quantitative estimate of drug-likeness (QED) is 0.807.